The van der Waals surface area contributed by atoms with Crippen LogP contribution in [-0.4, -0.2) is 13.7 Å². The van der Waals surface area contributed by atoms with E-state index in [4.69, 9.17) is 10.00 Å². The van der Waals surface area contributed by atoms with E-state index in [-0.39, 0.29) is 5.92 Å². The van der Waals surface area contributed by atoms with E-state index in [0.717, 1.165) is 25.3 Å². The fourth-order valence-corrected chi connectivity index (χ4v) is 2.02. The second kappa shape index (κ2) is 7.81. The largest absolute Gasteiger partial charge is 0.496 e. The van der Waals surface area contributed by atoms with E-state index in [2.05, 4.69) is 37.4 Å². The van der Waals surface area contributed by atoms with Crippen molar-refractivity contribution in [3.63, 3.8) is 0 Å². The summed E-state index contributed by atoms with van der Waals surface area (Å²) in [4.78, 5) is 0. The van der Waals surface area contributed by atoms with Gasteiger partial charge in [-0.2, -0.15) is 5.26 Å². The summed E-state index contributed by atoms with van der Waals surface area (Å²) in [6.07, 6.45) is 0.892. The Bertz CT molecular complexity index is 435. The van der Waals surface area contributed by atoms with Crippen molar-refractivity contribution in [3.05, 3.63) is 29.3 Å². The zero-order valence-electron chi connectivity index (χ0n) is 12.4. The molecule has 1 rings (SSSR count). The summed E-state index contributed by atoms with van der Waals surface area (Å²) in [5.41, 5.74) is 2.46. The lowest BCUT2D eigenvalue weighted by molar-refractivity contribution is 0.407. The Morgan fingerprint density at radius 1 is 1.37 bits per heavy atom. The maximum Gasteiger partial charge on any atom is 0.122 e. The Hall–Kier alpha value is -1.53. The summed E-state index contributed by atoms with van der Waals surface area (Å²) in [6, 6.07) is 8.58. The molecule has 0 saturated heterocycles. The number of ether oxygens (including phenoxy) is 1. The number of methoxy groups -OCH3 is 1. The van der Waals surface area contributed by atoms with Gasteiger partial charge in [0.15, 0.2) is 0 Å². The number of nitriles is 1. The van der Waals surface area contributed by atoms with E-state index < -0.39 is 0 Å². The van der Waals surface area contributed by atoms with Gasteiger partial charge in [0.1, 0.15) is 5.75 Å². The van der Waals surface area contributed by atoms with Crippen molar-refractivity contribution >= 4 is 0 Å². The molecule has 1 atom stereocenters. The highest BCUT2D eigenvalue weighted by molar-refractivity contribution is 5.39. The van der Waals surface area contributed by atoms with Gasteiger partial charge in [0.2, 0.25) is 0 Å². The predicted molar refractivity (Wildman–Crippen MR) is 78.2 cm³/mol. The van der Waals surface area contributed by atoms with E-state index in [0.29, 0.717) is 5.92 Å². The normalized spacial score (nSPS) is 12.2. The lowest BCUT2D eigenvalue weighted by atomic mass is 9.99. The summed E-state index contributed by atoms with van der Waals surface area (Å²) in [5, 5.41) is 12.2. The number of nitrogens with zero attached hydrogens (tertiary/aromatic N) is 1. The highest BCUT2D eigenvalue weighted by Crippen LogP contribution is 2.27. The van der Waals surface area contributed by atoms with E-state index in [1.807, 2.05) is 13.0 Å². The Kier molecular flexibility index (Phi) is 6.38. The fourth-order valence-electron chi connectivity index (χ4n) is 2.02. The van der Waals surface area contributed by atoms with Crippen LogP contribution in [0.25, 0.3) is 0 Å². The molecule has 0 amide bonds. The third-order valence-corrected chi connectivity index (χ3v) is 3.31. The highest BCUT2D eigenvalue weighted by atomic mass is 16.5. The summed E-state index contributed by atoms with van der Waals surface area (Å²) >= 11 is 0. The Labute approximate surface area is 116 Å². The molecule has 1 aromatic carbocycles. The second-order valence-corrected chi connectivity index (χ2v) is 5.10. The van der Waals surface area contributed by atoms with E-state index >= 15 is 0 Å². The van der Waals surface area contributed by atoms with Gasteiger partial charge in [0.05, 0.1) is 19.1 Å². The number of hydrogen-bond acceptors (Lipinski definition) is 3. The van der Waals surface area contributed by atoms with Gasteiger partial charge in [-0.1, -0.05) is 32.9 Å². The van der Waals surface area contributed by atoms with E-state index in [1.165, 1.54) is 11.1 Å². The molecule has 1 aromatic rings. The minimum absolute atomic E-state index is 0.0998. The maximum absolute atomic E-state index is 8.90. The predicted octanol–water partition coefficient (Wildman–Crippen LogP) is 3.46. The monoisotopic (exact) mass is 260 g/mol. The molecule has 0 saturated carbocycles. The van der Waals surface area contributed by atoms with Gasteiger partial charge in [0.25, 0.3) is 0 Å². The van der Waals surface area contributed by atoms with Gasteiger partial charge < -0.3 is 10.1 Å². The van der Waals surface area contributed by atoms with Crippen LogP contribution in [0.2, 0.25) is 0 Å². The molecule has 0 bridgehead atoms. The average Bonchev–Trinajstić information content (AvgIpc) is 2.43. The molecule has 1 N–H and O–H groups in total. The molecule has 0 aliphatic rings. The van der Waals surface area contributed by atoms with Crippen LogP contribution >= 0.6 is 0 Å². The van der Waals surface area contributed by atoms with Gasteiger partial charge in [-0.15, -0.1) is 0 Å². The van der Waals surface area contributed by atoms with E-state index in [1.54, 1.807) is 7.11 Å². The summed E-state index contributed by atoms with van der Waals surface area (Å²) in [7, 11) is 1.71. The minimum Gasteiger partial charge on any atom is -0.496 e. The molecule has 0 aromatic heterocycles. The first-order chi connectivity index (χ1) is 9.12. The average molecular weight is 260 g/mol. The molecule has 0 fully saturated rings. The van der Waals surface area contributed by atoms with Gasteiger partial charge in [-0.3, -0.25) is 0 Å². The van der Waals surface area contributed by atoms with Crippen molar-refractivity contribution in [2.45, 2.75) is 39.7 Å². The first kappa shape index (κ1) is 15.5. The summed E-state index contributed by atoms with van der Waals surface area (Å²) < 4.78 is 5.38. The Morgan fingerprint density at radius 3 is 2.63 bits per heavy atom. The van der Waals surface area contributed by atoms with Crippen molar-refractivity contribution < 1.29 is 4.74 Å². The zero-order chi connectivity index (χ0) is 14.3. The number of nitrogens with one attached hydrogen (secondary N) is 1. The van der Waals surface area contributed by atoms with Crippen LogP contribution in [0.4, 0.5) is 0 Å². The summed E-state index contributed by atoms with van der Waals surface area (Å²) in [5.74, 6) is 1.49. The number of hydrogen-bond donors (Lipinski definition) is 1. The van der Waals surface area contributed by atoms with Crippen molar-refractivity contribution in [1.82, 2.24) is 5.32 Å². The SMILES string of the molecule is CCC(C#N)CNCc1ccc(OC)c(C(C)C)c1. The quantitative estimate of drug-likeness (QED) is 0.816. The van der Waals surface area contributed by atoms with Crippen LogP contribution < -0.4 is 10.1 Å². The molecular formula is C16H24N2O. The fraction of sp³-hybridized carbons (Fsp3) is 0.562. The third-order valence-electron chi connectivity index (χ3n) is 3.31. The Balaban J connectivity index is 2.65. The molecular weight excluding hydrogens is 236 g/mol. The minimum atomic E-state index is 0.0998. The van der Waals surface area contributed by atoms with Gasteiger partial charge in [0, 0.05) is 13.1 Å². The van der Waals surface area contributed by atoms with Crippen LogP contribution in [0.3, 0.4) is 0 Å². The molecule has 0 spiro atoms. The van der Waals surface area contributed by atoms with Crippen LogP contribution in [0.5, 0.6) is 5.75 Å². The first-order valence-corrected chi connectivity index (χ1v) is 6.89. The molecule has 3 nitrogen and oxygen atoms in total. The van der Waals surface area contributed by atoms with Crippen LogP contribution in [-0.2, 0) is 6.54 Å². The van der Waals surface area contributed by atoms with Gasteiger partial charge in [-0.25, -0.2) is 0 Å². The van der Waals surface area contributed by atoms with Crippen LogP contribution in [0.1, 0.15) is 44.2 Å². The molecule has 0 aliphatic carbocycles. The standard InChI is InChI=1S/C16H24N2O/c1-5-13(9-17)10-18-11-14-6-7-16(19-4)15(8-14)12(2)3/h6-8,12-13,18H,5,10-11H2,1-4H3. The summed E-state index contributed by atoms with van der Waals surface area (Å²) in [6.45, 7) is 7.91. The molecule has 104 valence electrons. The van der Waals surface area contributed by atoms with Crippen LogP contribution in [0.15, 0.2) is 18.2 Å². The first-order valence-electron chi connectivity index (χ1n) is 6.89. The van der Waals surface area contributed by atoms with Gasteiger partial charge >= 0.3 is 0 Å². The molecule has 1 unspecified atom stereocenters. The van der Waals surface area contributed by atoms with Crippen LogP contribution in [0, 0.1) is 17.2 Å². The smallest absolute Gasteiger partial charge is 0.122 e. The molecule has 3 heteroatoms. The lowest BCUT2D eigenvalue weighted by Gasteiger charge is -2.14. The molecule has 0 radical (unpaired) electrons. The number of rotatable bonds is 7. The van der Waals surface area contributed by atoms with Gasteiger partial charge in [-0.05, 0) is 29.5 Å². The highest BCUT2D eigenvalue weighted by Gasteiger charge is 2.09. The molecule has 19 heavy (non-hydrogen) atoms. The molecule has 0 aliphatic heterocycles. The Morgan fingerprint density at radius 2 is 2.11 bits per heavy atom. The molecule has 0 heterocycles. The number of benzene rings is 1. The van der Waals surface area contributed by atoms with E-state index in [9.17, 15) is 0 Å². The maximum atomic E-state index is 8.90. The lowest BCUT2D eigenvalue weighted by Crippen LogP contribution is -2.21. The topological polar surface area (TPSA) is 45.0 Å². The van der Waals surface area contributed by atoms with Crippen molar-refractivity contribution in [2.24, 2.45) is 5.92 Å². The van der Waals surface area contributed by atoms with Crippen molar-refractivity contribution in [3.8, 4) is 11.8 Å². The van der Waals surface area contributed by atoms with Crippen molar-refractivity contribution in [2.75, 3.05) is 13.7 Å². The second-order valence-electron chi connectivity index (χ2n) is 5.10. The zero-order valence-corrected chi connectivity index (χ0v) is 12.4. The third kappa shape index (κ3) is 4.57. The van der Waals surface area contributed by atoms with Crippen molar-refractivity contribution in [1.29, 1.82) is 5.26 Å².